The van der Waals surface area contributed by atoms with Gasteiger partial charge in [0, 0.05) is 48.5 Å². The summed E-state index contributed by atoms with van der Waals surface area (Å²) in [5.41, 5.74) is 4.31. The van der Waals surface area contributed by atoms with Gasteiger partial charge in [0.1, 0.15) is 18.2 Å². The predicted molar refractivity (Wildman–Crippen MR) is 160 cm³/mol. The number of nitriles is 1. The highest BCUT2D eigenvalue weighted by Crippen LogP contribution is 2.51. The zero-order chi connectivity index (χ0) is 30.5. The van der Waals surface area contributed by atoms with Crippen molar-refractivity contribution < 1.29 is 18.4 Å². The van der Waals surface area contributed by atoms with E-state index in [1.165, 1.54) is 6.07 Å². The van der Waals surface area contributed by atoms with Crippen molar-refractivity contribution in [2.75, 3.05) is 19.7 Å². The number of piperidine rings is 2. The highest BCUT2D eigenvalue weighted by Gasteiger charge is 2.48. The molecule has 9 rings (SSSR count). The Morgan fingerprint density at radius 2 is 1.98 bits per heavy atom. The van der Waals surface area contributed by atoms with Crippen LogP contribution in [0.4, 0.5) is 4.39 Å². The van der Waals surface area contributed by atoms with E-state index in [1.807, 2.05) is 30.3 Å². The molecule has 1 aliphatic carbocycles. The fourth-order valence-electron chi connectivity index (χ4n) is 7.01. The van der Waals surface area contributed by atoms with E-state index in [0.29, 0.717) is 35.0 Å². The number of imidazole rings is 1. The maximum absolute atomic E-state index is 14.3. The highest BCUT2D eigenvalue weighted by molar-refractivity contribution is 5.81. The van der Waals surface area contributed by atoms with Crippen LogP contribution in [0.2, 0.25) is 0 Å². The fourth-order valence-corrected chi connectivity index (χ4v) is 7.01. The van der Waals surface area contributed by atoms with Crippen LogP contribution >= 0.6 is 0 Å². The third-order valence-corrected chi connectivity index (χ3v) is 9.34. The monoisotopic (exact) mass is 607 g/mol. The van der Waals surface area contributed by atoms with Crippen LogP contribution in [0.25, 0.3) is 22.4 Å². The van der Waals surface area contributed by atoms with Gasteiger partial charge in [-0.2, -0.15) is 5.26 Å². The van der Waals surface area contributed by atoms with Crippen molar-refractivity contribution in [3.05, 3.63) is 93.6 Å². The first kappa shape index (κ1) is 27.7. The van der Waals surface area contributed by atoms with Crippen LogP contribution in [0, 0.1) is 29.0 Å². The minimum atomic E-state index is -0.586. The number of benzene rings is 2. The number of aromatic amines is 1. The van der Waals surface area contributed by atoms with E-state index in [9.17, 15) is 9.18 Å². The van der Waals surface area contributed by atoms with Gasteiger partial charge in [-0.3, -0.25) is 14.4 Å². The third-order valence-electron chi connectivity index (χ3n) is 9.34. The number of rotatable bonds is 9. The van der Waals surface area contributed by atoms with Crippen molar-refractivity contribution in [3.8, 4) is 23.3 Å². The quantitative estimate of drug-likeness (QED) is 0.259. The molecule has 4 aliphatic rings. The van der Waals surface area contributed by atoms with E-state index < -0.39 is 11.6 Å². The molecule has 3 saturated heterocycles. The molecular weight excluding hydrogens is 577 g/mol. The highest BCUT2D eigenvalue weighted by atomic mass is 19.1. The largest absolute Gasteiger partial charge is 0.473 e. The molecule has 0 radical (unpaired) electrons. The summed E-state index contributed by atoms with van der Waals surface area (Å²) in [7, 11) is 0. The number of hydrogen-bond acceptors (Lipinski definition) is 9. The molecule has 0 amide bonds. The van der Waals surface area contributed by atoms with E-state index in [2.05, 4.69) is 25.7 Å². The van der Waals surface area contributed by atoms with Crippen molar-refractivity contribution >= 4 is 11.0 Å². The molecule has 228 valence electrons. The Bertz CT molecular complexity index is 1980. The van der Waals surface area contributed by atoms with E-state index in [0.717, 1.165) is 73.7 Å². The van der Waals surface area contributed by atoms with Gasteiger partial charge in [0.25, 0.3) is 0 Å². The Labute approximate surface area is 257 Å². The lowest BCUT2D eigenvalue weighted by molar-refractivity contribution is -0.0596. The van der Waals surface area contributed by atoms with Gasteiger partial charge in [0.15, 0.2) is 5.82 Å². The van der Waals surface area contributed by atoms with Gasteiger partial charge in [-0.25, -0.2) is 19.2 Å². The molecule has 3 atom stereocenters. The van der Waals surface area contributed by atoms with Crippen LogP contribution in [0.1, 0.15) is 41.4 Å². The van der Waals surface area contributed by atoms with Crippen LogP contribution in [0.15, 0.2) is 63.9 Å². The molecule has 11 nitrogen and oxygen atoms in total. The standard InChI is InChI=1S/C33H30FN7O4/c34-25-10-19(13-35)4-5-21(25)18-44-30-3-1-2-27(37-30)31-22-11-23(31)15-40(14-22)17-29-36-26-7-6-20(32-38-33(42)45-39-32)12-28(26)41(29)16-24-8-9-43-24/h1-7,10,12,22-24,31H,8-9,11,14-18H2,(H,38,39,42)/t22?,23?,24-,31?/m0/s1. The summed E-state index contributed by atoms with van der Waals surface area (Å²) in [6.45, 7) is 4.16. The lowest BCUT2D eigenvalue weighted by Gasteiger charge is -2.53. The number of halogens is 1. The molecule has 4 fully saturated rings. The Hall–Kier alpha value is -4.86. The summed E-state index contributed by atoms with van der Waals surface area (Å²) >= 11 is 0. The van der Waals surface area contributed by atoms with Gasteiger partial charge >= 0.3 is 5.76 Å². The van der Waals surface area contributed by atoms with Crippen LogP contribution in [0.3, 0.4) is 0 Å². The molecule has 1 N–H and O–H groups in total. The van der Waals surface area contributed by atoms with Crippen molar-refractivity contribution in [1.82, 2.24) is 29.6 Å². The summed E-state index contributed by atoms with van der Waals surface area (Å²) in [5, 5.41) is 12.8. The predicted octanol–water partition coefficient (Wildman–Crippen LogP) is 4.39. The number of ether oxygens (including phenoxy) is 2. The molecule has 5 aromatic rings. The number of pyridine rings is 1. The zero-order valence-corrected chi connectivity index (χ0v) is 24.4. The first-order valence-corrected chi connectivity index (χ1v) is 15.2. The van der Waals surface area contributed by atoms with Crippen molar-refractivity contribution in [2.45, 2.75) is 44.6 Å². The first-order valence-electron chi connectivity index (χ1n) is 15.2. The van der Waals surface area contributed by atoms with Gasteiger partial charge in [0.05, 0.1) is 41.9 Å². The SMILES string of the molecule is N#Cc1ccc(COc2cccc(C3C4CC3CN(Cc3nc5ccc(-c6noc(=O)[nH]6)cc5n3C[C@@H]3CCO3)C4)n2)c(F)c1. The number of nitrogens with one attached hydrogen (secondary N) is 1. The molecule has 1 saturated carbocycles. The minimum absolute atomic E-state index is 0.0458. The summed E-state index contributed by atoms with van der Waals surface area (Å²) < 4.78 is 32.9. The van der Waals surface area contributed by atoms with Crippen LogP contribution in [0.5, 0.6) is 5.88 Å². The average Bonchev–Trinajstić information content (AvgIpc) is 3.60. The normalized spacial score (nSPS) is 22.5. The molecule has 3 aromatic heterocycles. The number of nitrogens with zero attached hydrogens (tertiary/aromatic N) is 6. The summed E-state index contributed by atoms with van der Waals surface area (Å²) in [6.07, 6.45) is 2.34. The number of aromatic nitrogens is 5. The van der Waals surface area contributed by atoms with Crippen LogP contribution in [-0.2, 0) is 24.4 Å². The second-order valence-electron chi connectivity index (χ2n) is 12.2. The number of hydrogen-bond donors (Lipinski definition) is 1. The van der Waals surface area contributed by atoms with Crippen molar-refractivity contribution in [2.24, 2.45) is 11.8 Å². The van der Waals surface area contributed by atoms with Crippen molar-refractivity contribution in [3.63, 3.8) is 0 Å². The van der Waals surface area contributed by atoms with E-state index >= 15 is 0 Å². The average molecular weight is 608 g/mol. The summed E-state index contributed by atoms with van der Waals surface area (Å²) in [6, 6.07) is 18.0. The Kier molecular flexibility index (Phi) is 6.92. The molecule has 2 aromatic carbocycles. The van der Waals surface area contributed by atoms with E-state index in [-0.39, 0.29) is 18.3 Å². The fraction of sp³-hybridized carbons (Fsp3) is 0.364. The third kappa shape index (κ3) is 5.28. The van der Waals surface area contributed by atoms with Crippen LogP contribution < -0.4 is 10.5 Å². The lowest BCUT2D eigenvalue weighted by Crippen LogP contribution is -2.53. The molecule has 2 unspecified atom stereocenters. The van der Waals surface area contributed by atoms with E-state index in [4.69, 9.17) is 29.2 Å². The van der Waals surface area contributed by atoms with Gasteiger partial charge in [-0.1, -0.05) is 17.3 Å². The molecule has 6 heterocycles. The maximum atomic E-state index is 14.3. The lowest BCUT2D eigenvalue weighted by atomic mass is 9.60. The van der Waals surface area contributed by atoms with Gasteiger partial charge in [0.2, 0.25) is 5.88 Å². The second kappa shape index (κ2) is 11.3. The minimum Gasteiger partial charge on any atom is -0.473 e. The second-order valence-corrected chi connectivity index (χ2v) is 12.2. The Morgan fingerprint density at radius 1 is 1.11 bits per heavy atom. The molecule has 12 heteroatoms. The van der Waals surface area contributed by atoms with Gasteiger partial charge in [-0.15, -0.1) is 0 Å². The van der Waals surface area contributed by atoms with Crippen molar-refractivity contribution in [1.29, 1.82) is 5.26 Å². The molecule has 2 bridgehead atoms. The Morgan fingerprint density at radius 3 is 2.71 bits per heavy atom. The molecule has 0 spiro atoms. The van der Waals surface area contributed by atoms with Gasteiger partial charge in [-0.05, 0) is 61.1 Å². The first-order chi connectivity index (χ1) is 22.0. The summed E-state index contributed by atoms with van der Waals surface area (Å²) in [4.78, 5) is 26.5. The van der Waals surface area contributed by atoms with Gasteiger partial charge < -0.3 is 14.0 Å². The summed E-state index contributed by atoms with van der Waals surface area (Å²) in [5.74, 6) is 2.12. The molecular formula is C33H30FN7O4. The topological polar surface area (TPSA) is 135 Å². The molecule has 45 heavy (non-hydrogen) atoms. The number of fused-ring (bicyclic) bond motifs is 3. The van der Waals surface area contributed by atoms with Crippen LogP contribution in [-0.4, -0.2) is 55.4 Å². The Balaban J connectivity index is 0.970. The molecule has 3 aliphatic heterocycles. The smallest absolute Gasteiger partial charge is 0.439 e. The maximum Gasteiger partial charge on any atom is 0.439 e. The number of H-pyrrole nitrogens is 1. The van der Waals surface area contributed by atoms with E-state index in [1.54, 1.807) is 18.2 Å². The zero-order valence-electron chi connectivity index (χ0n) is 24.4.